The lowest BCUT2D eigenvalue weighted by Crippen LogP contribution is -2.05. The van der Waals surface area contributed by atoms with Crippen LogP contribution in [0.15, 0.2) is 70.8 Å². The summed E-state index contributed by atoms with van der Waals surface area (Å²) in [5.41, 5.74) is 12.1. The predicted molar refractivity (Wildman–Crippen MR) is 138 cm³/mol. The van der Waals surface area contributed by atoms with Gasteiger partial charge in [-0.3, -0.25) is 4.99 Å². The molecule has 31 heavy (non-hydrogen) atoms. The fraction of sp³-hybridized carbons (Fsp3) is 0.321. The minimum atomic E-state index is 0.799. The maximum absolute atomic E-state index is 4.62. The maximum atomic E-state index is 4.62. The Hall–Kier alpha value is -3.07. The summed E-state index contributed by atoms with van der Waals surface area (Å²) in [4.78, 5) is 4.62. The van der Waals surface area contributed by atoms with Crippen LogP contribution >= 0.6 is 0 Å². The summed E-state index contributed by atoms with van der Waals surface area (Å²) in [5.74, 6) is 0. The topological polar surface area (TPSA) is 36.4 Å². The van der Waals surface area contributed by atoms with E-state index in [1.165, 1.54) is 50.3 Å². The molecule has 0 unspecified atom stereocenters. The van der Waals surface area contributed by atoms with Crippen molar-refractivity contribution in [3.8, 4) is 0 Å². The van der Waals surface area contributed by atoms with Crippen LogP contribution < -0.4 is 10.6 Å². The largest absolute Gasteiger partial charge is 0.385 e. The van der Waals surface area contributed by atoms with Crippen molar-refractivity contribution in [2.24, 2.45) is 4.99 Å². The highest BCUT2D eigenvalue weighted by atomic mass is 14.9. The van der Waals surface area contributed by atoms with Gasteiger partial charge in [0.05, 0.1) is 5.71 Å². The molecule has 3 heteroatoms. The average molecular weight is 414 g/mol. The molecule has 0 saturated carbocycles. The zero-order chi connectivity index (χ0) is 22.4. The SMILES string of the molecule is CCN=C1C=CC(=C(c2ccc(NCC)c(C)c2)c2ccc(NCC)c(C)c2)C=C1C. The van der Waals surface area contributed by atoms with Crippen LogP contribution in [0.3, 0.4) is 0 Å². The number of hydrogen-bond donors (Lipinski definition) is 2. The molecule has 2 aromatic rings. The summed E-state index contributed by atoms with van der Waals surface area (Å²) >= 11 is 0. The summed E-state index contributed by atoms with van der Waals surface area (Å²) < 4.78 is 0. The highest BCUT2D eigenvalue weighted by molar-refractivity contribution is 6.10. The van der Waals surface area contributed by atoms with Gasteiger partial charge in [0, 0.05) is 31.0 Å². The molecule has 0 aliphatic heterocycles. The van der Waals surface area contributed by atoms with Crippen molar-refractivity contribution in [2.75, 3.05) is 30.3 Å². The Morgan fingerprint density at radius 2 is 1.32 bits per heavy atom. The van der Waals surface area contributed by atoms with E-state index in [0.29, 0.717) is 0 Å². The summed E-state index contributed by atoms with van der Waals surface area (Å²) in [5, 5.41) is 6.91. The monoisotopic (exact) mass is 413 g/mol. The number of nitrogens with zero attached hydrogens (tertiary/aromatic N) is 1. The van der Waals surface area contributed by atoms with Gasteiger partial charge in [-0.15, -0.1) is 0 Å². The summed E-state index contributed by atoms with van der Waals surface area (Å²) in [6.07, 6.45) is 6.62. The molecular formula is C28H35N3. The lowest BCUT2D eigenvalue weighted by molar-refractivity contribution is 1.13. The number of rotatable bonds is 7. The first kappa shape index (κ1) is 22.6. The molecule has 0 spiro atoms. The maximum Gasteiger partial charge on any atom is 0.0603 e. The van der Waals surface area contributed by atoms with E-state index in [9.17, 15) is 0 Å². The predicted octanol–water partition coefficient (Wildman–Crippen LogP) is 6.95. The highest BCUT2D eigenvalue weighted by Crippen LogP contribution is 2.34. The molecule has 3 rings (SSSR count). The zero-order valence-corrected chi connectivity index (χ0v) is 19.8. The van der Waals surface area contributed by atoms with Crippen LogP contribution in [-0.4, -0.2) is 25.3 Å². The quantitative estimate of drug-likeness (QED) is 0.515. The average Bonchev–Trinajstić information content (AvgIpc) is 2.74. The Bertz CT molecular complexity index is 1010. The van der Waals surface area contributed by atoms with E-state index in [-0.39, 0.29) is 0 Å². The molecule has 3 nitrogen and oxygen atoms in total. The van der Waals surface area contributed by atoms with Crippen LogP contribution in [0.1, 0.15) is 49.9 Å². The molecule has 1 aliphatic carbocycles. The molecule has 0 heterocycles. The number of anilines is 2. The van der Waals surface area contributed by atoms with Gasteiger partial charge >= 0.3 is 0 Å². The molecule has 0 fully saturated rings. The minimum Gasteiger partial charge on any atom is -0.385 e. The standard InChI is InChI=1S/C28H35N3/c1-7-29-25-13-10-22(16-19(25)4)28(23-11-14-26(30-8-2)20(5)17-23)24-12-15-27(31-9-3)21(6)18-24/h10-18,29-30H,7-9H2,1-6H3. The molecule has 0 atom stereocenters. The lowest BCUT2D eigenvalue weighted by atomic mass is 9.87. The van der Waals surface area contributed by atoms with E-state index in [2.05, 4.69) is 112 Å². The van der Waals surface area contributed by atoms with Crippen molar-refractivity contribution in [1.29, 1.82) is 0 Å². The molecule has 162 valence electrons. The van der Waals surface area contributed by atoms with Gasteiger partial charge in [-0.2, -0.15) is 0 Å². The molecule has 0 bridgehead atoms. The van der Waals surface area contributed by atoms with Gasteiger partial charge in [-0.1, -0.05) is 18.2 Å². The van der Waals surface area contributed by atoms with Gasteiger partial charge in [0.1, 0.15) is 0 Å². The molecule has 0 aromatic heterocycles. The van der Waals surface area contributed by atoms with Crippen molar-refractivity contribution >= 4 is 22.7 Å². The minimum absolute atomic E-state index is 0.799. The summed E-state index contributed by atoms with van der Waals surface area (Å²) in [7, 11) is 0. The van der Waals surface area contributed by atoms with Crippen LogP contribution in [0.2, 0.25) is 0 Å². The van der Waals surface area contributed by atoms with Crippen LogP contribution in [0.5, 0.6) is 0 Å². The number of nitrogens with one attached hydrogen (secondary N) is 2. The van der Waals surface area contributed by atoms with E-state index in [1.807, 2.05) is 0 Å². The molecule has 2 aromatic carbocycles. The van der Waals surface area contributed by atoms with E-state index in [1.54, 1.807) is 0 Å². The van der Waals surface area contributed by atoms with Gasteiger partial charge in [-0.25, -0.2) is 0 Å². The van der Waals surface area contributed by atoms with Gasteiger partial charge < -0.3 is 10.6 Å². The highest BCUT2D eigenvalue weighted by Gasteiger charge is 2.15. The van der Waals surface area contributed by atoms with E-state index in [0.717, 1.165) is 25.3 Å². The number of aliphatic imine (C=N–C) groups is 1. The molecule has 2 N–H and O–H groups in total. The van der Waals surface area contributed by atoms with Crippen LogP contribution in [0.25, 0.3) is 5.57 Å². The molecule has 0 radical (unpaired) electrons. The molecular weight excluding hydrogens is 378 g/mol. The zero-order valence-electron chi connectivity index (χ0n) is 19.8. The third-order valence-corrected chi connectivity index (χ3v) is 5.58. The number of aryl methyl sites for hydroxylation is 2. The number of benzene rings is 2. The Labute approximate surface area is 187 Å². The third-order valence-electron chi connectivity index (χ3n) is 5.58. The van der Waals surface area contributed by atoms with Gasteiger partial charge in [0.15, 0.2) is 0 Å². The first-order valence-electron chi connectivity index (χ1n) is 11.3. The third kappa shape index (κ3) is 5.16. The van der Waals surface area contributed by atoms with Crippen molar-refractivity contribution in [3.05, 3.63) is 88.0 Å². The van der Waals surface area contributed by atoms with Crippen molar-refractivity contribution in [1.82, 2.24) is 0 Å². The van der Waals surface area contributed by atoms with Gasteiger partial charge in [-0.05, 0) is 117 Å². The van der Waals surface area contributed by atoms with Crippen molar-refractivity contribution in [2.45, 2.75) is 41.5 Å². The van der Waals surface area contributed by atoms with E-state index >= 15 is 0 Å². The van der Waals surface area contributed by atoms with Crippen molar-refractivity contribution in [3.63, 3.8) is 0 Å². The van der Waals surface area contributed by atoms with Crippen LogP contribution in [0, 0.1) is 13.8 Å². The second-order valence-corrected chi connectivity index (χ2v) is 7.97. The van der Waals surface area contributed by atoms with Crippen LogP contribution in [0.4, 0.5) is 11.4 Å². The molecule has 0 amide bonds. The van der Waals surface area contributed by atoms with Gasteiger partial charge in [0.2, 0.25) is 0 Å². The fourth-order valence-electron chi connectivity index (χ4n) is 4.07. The summed E-state index contributed by atoms with van der Waals surface area (Å²) in [6.45, 7) is 15.5. The Kier molecular flexibility index (Phi) is 7.51. The Morgan fingerprint density at radius 1 is 0.774 bits per heavy atom. The first-order chi connectivity index (χ1) is 15.0. The summed E-state index contributed by atoms with van der Waals surface area (Å²) in [6, 6.07) is 13.4. The normalized spacial score (nSPS) is 14.6. The van der Waals surface area contributed by atoms with E-state index < -0.39 is 0 Å². The molecule has 1 aliphatic rings. The Balaban J connectivity index is 2.19. The Morgan fingerprint density at radius 3 is 1.74 bits per heavy atom. The molecule has 0 saturated heterocycles. The second-order valence-electron chi connectivity index (χ2n) is 7.97. The van der Waals surface area contributed by atoms with Crippen molar-refractivity contribution < 1.29 is 0 Å². The van der Waals surface area contributed by atoms with Gasteiger partial charge in [0.25, 0.3) is 0 Å². The number of hydrogen-bond acceptors (Lipinski definition) is 3. The lowest BCUT2D eigenvalue weighted by Gasteiger charge is -2.19. The second kappa shape index (κ2) is 10.3. The van der Waals surface area contributed by atoms with Crippen LogP contribution in [-0.2, 0) is 0 Å². The van der Waals surface area contributed by atoms with E-state index in [4.69, 9.17) is 0 Å². The first-order valence-corrected chi connectivity index (χ1v) is 11.3. The smallest absolute Gasteiger partial charge is 0.0603 e. The fourth-order valence-corrected chi connectivity index (χ4v) is 4.07. The number of allylic oxidation sites excluding steroid dienone is 5.